The Kier molecular flexibility index (Phi) is 2.90. The Morgan fingerprint density at radius 3 is 2.53 bits per heavy atom. The van der Waals surface area contributed by atoms with E-state index in [2.05, 4.69) is 5.32 Å². The molecule has 0 spiro atoms. The maximum atomic E-state index is 11.6. The summed E-state index contributed by atoms with van der Waals surface area (Å²) in [7, 11) is 1.46. The molecule has 2 rings (SSSR count). The van der Waals surface area contributed by atoms with E-state index in [0.717, 1.165) is 25.7 Å². The lowest BCUT2D eigenvalue weighted by atomic mass is 9.94. The van der Waals surface area contributed by atoms with Crippen LogP contribution in [-0.2, 0) is 9.53 Å². The van der Waals surface area contributed by atoms with Gasteiger partial charge >= 0.3 is 6.03 Å². The van der Waals surface area contributed by atoms with E-state index in [4.69, 9.17) is 4.74 Å². The minimum Gasteiger partial charge on any atom is -0.353 e. The predicted molar refractivity (Wildman–Crippen MR) is 53.0 cm³/mol. The maximum Gasteiger partial charge on any atom is 0.326 e. The van der Waals surface area contributed by atoms with Crippen LogP contribution in [0, 0.1) is 0 Å². The number of ether oxygens (including phenoxy) is 1. The number of nitrogens with one attached hydrogen (secondary N) is 1. The molecule has 5 heteroatoms. The minimum atomic E-state index is -0.722. The van der Waals surface area contributed by atoms with E-state index in [1.54, 1.807) is 4.90 Å². The van der Waals surface area contributed by atoms with Gasteiger partial charge in [-0.05, 0) is 12.8 Å². The average Bonchev–Trinajstić information content (AvgIpc) is 2.54. The van der Waals surface area contributed by atoms with Crippen LogP contribution in [0.3, 0.4) is 0 Å². The number of nitrogens with zero attached hydrogens (tertiary/aromatic N) is 1. The second-order valence-corrected chi connectivity index (χ2v) is 4.08. The summed E-state index contributed by atoms with van der Waals surface area (Å²) < 4.78 is 5.05. The summed E-state index contributed by atoms with van der Waals surface area (Å²) in [6, 6.07) is -0.145. The van der Waals surface area contributed by atoms with Crippen molar-refractivity contribution < 1.29 is 14.3 Å². The van der Waals surface area contributed by atoms with Gasteiger partial charge in [0.15, 0.2) is 0 Å². The first kappa shape index (κ1) is 10.4. The van der Waals surface area contributed by atoms with Crippen molar-refractivity contribution in [3.05, 3.63) is 0 Å². The summed E-state index contributed by atoms with van der Waals surface area (Å²) in [6.07, 6.45) is 4.69. The minimum absolute atomic E-state index is 0.162. The number of methoxy groups -OCH3 is 1. The normalized spacial score (nSPS) is 28.3. The number of carbonyl (C=O) groups is 2. The number of rotatable bonds is 2. The Hall–Kier alpha value is -1.10. The number of imide groups is 1. The zero-order valence-corrected chi connectivity index (χ0v) is 8.86. The molecule has 1 aliphatic heterocycles. The lowest BCUT2D eigenvalue weighted by molar-refractivity contribution is -0.134. The zero-order chi connectivity index (χ0) is 10.8. The molecule has 15 heavy (non-hydrogen) atoms. The third-order valence-corrected chi connectivity index (χ3v) is 3.13. The van der Waals surface area contributed by atoms with Gasteiger partial charge < -0.3 is 4.74 Å². The summed E-state index contributed by atoms with van der Waals surface area (Å²) in [5, 5.41) is 2.29. The standard InChI is InChI=1S/C10H16N2O3/c1-15-9-8(13)11-10(14)12(9)7-5-3-2-4-6-7/h7,9H,2-6H2,1H3,(H,11,13,14). The van der Waals surface area contributed by atoms with E-state index in [1.165, 1.54) is 13.5 Å². The zero-order valence-electron chi connectivity index (χ0n) is 8.86. The van der Waals surface area contributed by atoms with Gasteiger partial charge in [-0.25, -0.2) is 4.79 Å². The van der Waals surface area contributed by atoms with E-state index < -0.39 is 6.23 Å². The first-order chi connectivity index (χ1) is 7.24. The van der Waals surface area contributed by atoms with Crippen molar-refractivity contribution in [1.29, 1.82) is 0 Å². The van der Waals surface area contributed by atoms with Gasteiger partial charge in [0.2, 0.25) is 6.23 Å². The number of hydrogen-bond donors (Lipinski definition) is 1. The lowest BCUT2D eigenvalue weighted by Crippen LogP contribution is -2.45. The molecule has 2 fully saturated rings. The van der Waals surface area contributed by atoms with Crippen molar-refractivity contribution in [3.8, 4) is 0 Å². The fourth-order valence-electron chi connectivity index (χ4n) is 2.40. The van der Waals surface area contributed by atoms with Crippen molar-refractivity contribution in [1.82, 2.24) is 10.2 Å². The fourth-order valence-corrected chi connectivity index (χ4v) is 2.40. The summed E-state index contributed by atoms with van der Waals surface area (Å²) in [5.74, 6) is -0.340. The predicted octanol–water partition coefficient (Wildman–Crippen LogP) is 0.843. The van der Waals surface area contributed by atoms with Gasteiger partial charge in [0.05, 0.1) is 0 Å². The van der Waals surface area contributed by atoms with Crippen molar-refractivity contribution >= 4 is 11.9 Å². The van der Waals surface area contributed by atoms with Gasteiger partial charge in [0.1, 0.15) is 0 Å². The molecule has 84 valence electrons. The van der Waals surface area contributed by atoms with Gasteiger partial charge in [0.25, 0.3) is 5.91 Å². The Morgan fingerprint density at radius 2 is 1.93 bits per heavy atom. The quantitative estimate of drug-likeness (QED) is 0.690. The topological polar surface area (TPSA) is 58.6 Å². The highest BCUT2D eigenvalue weighted by Gasteiger charge is 2.42. The molecule has 1 aliphatic carbocycles. The number of urea groups is 1. The molecule has 0 aromatic rings. The molecule has 1 atom stereocenters. The third-order valence-electron chi connectivity index (χ3n) is 3.13. The largest absolute Gasteiger partial charge is 0.353 e. The molecule has 5 nitrogen and oxygen atoms in total. The number of carbonyl (C=O) groups excluding carboxylic acids is 2. The van der Waals surface area contributed by atoms with Crippen molar-refractivity contribution in [2.45, 2.75) is 44.4 Å². The van der Waals surface area contributed by atoms with Crippen LogP contribution in [0.1, 0.15) is 32.1 Å². The summed E-state index contributed by atoms with van der Waals surface area (Å²) in [5.41, 5.74) is 0. The van der Waals surface area contributed by atoms with Crippen LogP contribution in [0.4, 0.5) is 4.79 Å². The lowest BCUT2D eigenvalue weighted by Gasteiger charge is -2.32. The molecule has 0 radical (unpaired) electrons. The van der Waals surface area contributed by atoms with Crippen LogP contribution in [0.2, 0.25) is 0 Å². The molecule has 2 aliphatic rings. The second-order valence-electron chi connectivity index (χ2n) is 4.08. The van der Waals surface area contributed by atoms with E-state index >= 15 is 0 Å². The maximum absolute atomic E-state index is 11.6. The molecule has 1 saturated carbocycles. The van der Waals surface area contributed by atoms with Crippen LogP contribution in [0.25, 0.3) is 0 Å². The van der Waals surface area contributed by atoms with Gasteiger partial charge in [-0.1, -0.05) is 19.3 Å². The van der Waals surface area contributed by atoms with E-state index in [9.17, 15) is 9.59 Å². The first-order valence-corrected chi connectivity index (χ1v) is 5.40. The summed E-state index contributed by atoms with van der Waals surface area (Å²) >= 11 is 0. The van der Waals surface area contributed by atoms with E-state index in [0.29, 0.717) is 0 Å². The Morgan fingerprint density at radius 1 is 1.27 bits per heavy atom. The molecule has 3 amide bonds. The smallest absolute Gasteiger partial charge is 0.326 e. The van der Waals surface area contributed by atoms with Gasteiger partial charge in [-0.2, -0.15) is 0 Å². The number of amides is 3. The Bertz CT molecular complexity index is 274. The summed E-state index contributed by atoms with van der Waals surface area (Å²) in [4.78, 5) is 24.5. The highest BCUT2D eigenvalue weighted by atomic mass is 16.5. The van der Waals surface area contributed by atoms with Crippen molar-refractivity contribution in [2.24, 2.45) is 0 Å². The highest BCUT2D eigenvalue weighted by molar-refractivity contribution is 6.03. The molecule has 1 saturated heterocycles. The first-order valence-electron chi connectivity index (χ1n) is 5.40. The van der Waals surface area contributed by atoms with Gasteiger partial charge in [-0.3, -0.25) is 15.0 Å². The third kappa shape index (κ3) is 1.84. The molecular weight excluding hydrogens is 196 g/mol. The Balaban J connectivity index is 2.10. The van der Waals surface area contributed by atoms with Crippen LogP contribution >= 0.6 is 0 Å². The van der Waals surface area contributed by atoms with E-state index in [1.807, 2.05) is 0 Å². The molecule has 0 bridgehead atoms. The second kappa shape index (κ2) is 4.18. The number of hydrogen-bond acceptors (Lipinski definition) is 3. The average molecular weight is 212 g/mol. The Labute approximate surface area is 88.8 Å². The van der Waals surface area contributed by atoms with Gasteiger partial charge in [-0.15, -0.1) is 0 Å². The SMILES string of the molecule is COC1C(=O)NC(=O)N1C1CCCCC1. The van der Waals surface area contributed by atoms with Crippen LogP contribution < -0.4 is 5.32 Å². The molecule has 0 aromatic carbocycles. The monoisotopic (exact) mass is 212 g/mol. The molecular formula is C10H16N2O3. The van der Waals surface area contributed by atoms with Crippen LogP contribution in [0.15, 0.2) is 0 Å². The fraction of sp³-hybridized carbons (Fsp3) is 0.800. The molecule has 1 unspecified atom stereocenters. The molecule has 0 aromatic heterocycles. The molecule has 1 N–H and O–H groups in total. The van der Waals surface area contributed by atoms with Crippen LogP contribution in [0.5, 0.6) is 0 Å². The highest BCUT2D eigenvalue weighted by Crippen LogP contribution is 2.26. The van der Waals surface area contributed by atoms with Crippen molar-refractivity contribution in [2.75, 3.05) is 7.11 Å². The van der Waals surface area contributed by atoms with Crippen molar-refractivity contribution in [3.63, 3.8) is 0 Å². The van der Waals surface area contributed by atoms with Crippen LogP contribution in [-0.4, -0.2) is 36.2 Å². The summed E-state index contributed by atoms with van der Waals surface area (Å²) in [6.45, 7) is 0. The van der Waals surface area contributed by atoms with E-state index in [-0.39, 0.29) is 18.0 Å². The molecule has 1 heterocycles. The van der Waals surface area contributed by atoms with Gasteiger partial charge in [0, 0.05) is 13.2 Å².